The van der Waals surface area contributed by atoms with Crippen LogP contribution in [0.15, 0.2) is 48.5 Å². The summed E-state index contributed by atoms with van der Waals surface area (Å²) in [5.74, 6) is -0.236. The van der Waals surface area contributed by atoms with Crippen LogP contribution in [-0.4, -0.2) is 13.2 Å². The summed E-state index contributed by atoms with van der Waals surface area (Å²) in [6.07, 6.45) is 3.34. The molecule has 0 bridgehead atoms. The maximum atomic E-state index is 12.3. The van der Waals surface area contributed by atoms with E-state index >= 15 is 0 Å². The molecule has 1 amide bonds. The number of alkyl halides is 3. The zero-order valence-corrected chi connectivity index (χ0v) is 17.2. The molecule has 0 spiro atoms. The molecule has 2 rings (SSSR count). The van der Waals surface area contributed by atoms with Gasteiger partial charge in [-0.2, -0.15) is 0 Å². The number of amides is 1. The van der Waals surface area contributed by atoms with Crippen molar-refractivity contribution in [2.24, 2.45) is 0 Å². The number of rotatable bonds is 7. The van der Waals surface area contributed by atoms with Gasteiger partial charge in [-0.3, -0.25) is 4.79 Å². The number of hydrogen-bond acceptors (Lipinski definition) is 2. The molecule has 0 aliphatic carbocycles. The van der Waals surface area contributed by atoms with E-state index in [4.69, 9.17) is 34.8 Å². The van der Waals surface area contributed by atoms with Gasteiger partial charge in [0, 0.05) is 16.9 Å². The first-order valence-electron chi connectivity index (χ1n) is 8.05. The molecule has 2 aromatic carbocycles. The molecule has 0 aliphatic heterocycles. The van der Waals surface area contributed by atoms with Gasteiger partial charge in [0.25, 0.3) is 9.03 Å². The number of carbonyl (C=O) groups is 1. The Morgan fingerprint density at radius 2 is 1.58 bits per heavy atom. The van der Waals surface area contributed by atoms with E-state index in [-0.39, 0.29) is 5.91 Å². The number of hydrogen-bond donors (Lipinski definition) is 2. The van der Waals surface area contributed by atoms with Crippen LogP contribution in [0.25, 0.3) is 0 Å². The van der Waals surface area contributed by atoms with E-state index in [0.717, 1.165) is 24.9 Å². The molecule has 140 valence electrons. The van der Waals surface area contributed by atoms with Crippen LogP contribution < -0.4 is 10.0 Å². The minimum absolute atomic E-state index is 0.236. The van der Waals surface area contributed by atoms with Crippen LogP contribution >= 0.6 is 34.8 Å². The van der Waals surface area contributed by atoms with E-state index in [2.05, 4.69) is 17.0 Å². The van der Waals surface area contributed by atoms with Gasteiger partial charge in [-0.05, 0) is 54.8 Å². The Hall–Kier alpha value is -1.27. The van der Waals surface area contributed by atoms with Gasteiger partial charge in [0.1, 0.15) is 0 Å². The highest BCUT2D eigenvalue weighted by molar-refractivity contribution is 7.92. The SMILES string of the molecule is CCCCc1ccc(NC(=O)c2ccc(NS(=O)C(Cl)(Cl)Cl)cc2)cc1. The fraction of sp³-hybridized carbons (Fsp3) is 0.278. The maximum absolute atomic E-state index is 12.3. The first kappa shape index (κ1) is 21.0. The molecule has 0 aromatic heterocycles. The minimum Gasteiger partial charge on any atom is -0.322 e. The van der Waals surface area contributed by atoms with Gasteiger partial charge in [-0.1, -0.05) is 60.3 Å². The molecule has 0 fully saturated rings. The predicted molar refractivity (Wildman–Crippen MR) is 112 cm³/mol. The molecule has 4 nitrogen and oxygen atoms in total. The Labute approximate surface area is 170 Å². The molecule has 26 heavy (non-hydrogen) atoms. The van der Waals surface area contributed by atoms with E-state index in [0.29, 0.717) is 11.3 Å². The number of benzene rings is 2. The fourth-order valence-electron chi connectivity index (χ4n) is 2.19. The first-order valence-corrected chi connectivity index (χ1v) is 10.3. The zero-order chi connectivity index (χ0) is 19.2. The van der Waals surface area contributed by atoms with E-state index < -0.39 is 14.1 Å². The van der Waals surface area contributed by atoms with Gasteiger partial charge in [-0.25, -0.2) is 4.21 Å². The summed E-state index contributed by atoms with van der Waals surface area (Å²) in [7, 11) is -1.90. The molecule has 0 saturated carbocycles. The number of unbranched alkanes of at least 4 members (excludes halogenated alkanes) is 1. The van der Waals surface area contributed by atoms with Crippen molar-refractivity contribution in [3.8, 4) is 0 Å². The zero-order valence-electron chi connectivity index (χ0n) is 14.1. The van der Waals surface area contributed by atoms with Crippen LogP contribution in [-0.2, 0) is 17.4 Å². The number of halogens is 3. The van der Waals surface area contributed by atoms with Crippen LogP contribution in [0.1, 0.15) is 35.7 Å². The fourth-order valence-corrected chi connectivity index (χ4v) is 3.01. The van der Waals surface area contributed by atoms with Crippen molar-refractivity contribution in [2.75, 3.05) is 10.0 Å². The van der Waals surface area contributed by atoms with E-state index in [1.807, 2.05) is 24.3 Å². The molecular weight excluding hydrogens is 415 g/mol. The van der Waals surface area contributed by atoms with Crippen LogP contribution in [0.3, 0.4) is 0 Å². The second-order valence-electron chi connectivity index (χ2n) is 5.65. The summed E-state index contributed by atoms with van der Waals surface area (Å²) in [5, 5.41) is 2.84. The Bertz CT molecular complexity index is 760. The molecule has 0 heterocycles. The van der Waals surface area contributed by atoms with Crippen molar-refractivity contribution in [2.45, 2.75) is 29.3 Å². The number of aryl methyl sites for hydroxylation is 1. The quantitative estimate of drug-likeness (QED) is 0.551. The molecule has 2 N–H and O–H groups in total. The summed E-state index contributed by atoms with van der Waals surface area (Å²) in [6, 6.07) is 14.2. The summed E-state index contributed by atoms with van der Waals surface area (Å²) in [5.41, 5.74) is 2.92. The lowest BCUT2D eigenvalue weighted by Gasteiger charge is -2.12. The van der Waals surface area contributed by atoms with Crippen molar-refractivity contribution < 1.29 is 9.00 Å². The third-order valence-corrected chi connectivity index (χ3v) is 5.70. The summed E-state index contributed by atoms with van der Waals surface area (Å²) >= 11 is 16.6. The standard InChI is InChI=1S/C18H19Cl3N2O2S/c1-2-3-4-13-5-9-15(10-6-13)22-17(24)14-7-11-16(12-8-14)23-26(25)18(19,20)21/h5-12,23H,2-4H2,1H3,(H,22,24). The second kappa shape index (κ2) is 9.60. The van der Waals surface area contributed by atoms with Crippen LogP contribution in [0.4, 0.5) is 11.4 Å². The normalized spacial score (nSPS) is 12.5. The maximum Gasteiger partial charge on any atom is 0.285 e. The number of anilines is 2. The highest BCUT2D eigenvalue weighted by Crippen LogP contribution is 2.31. The van der Waals surface area contributed by atoms with Gasteiger partial charge < -0.3 is 10.0 Å². The van der Waals surface area contributed by atoms with Crippen LogP contribution in [0.5, 0.6) is 0 Å². The van der Waals surface area contributed by atoms with Crippen molar-refractivity contribution >= 4 is 63.1 Å². The Balaban J connectivity index is 1.96. The predicted octanol–water partition coefficient (Wildman–Crippen LogP) is 5.68. The van der Waals surface area contributed by atoms with E-state index in [1.54, 1.807) is 24.3 Å². The van der Waals surface area contributed by atoms with Crippen LogP contribution in [0.2, 0.25) is 0 Å². The summed E-state index contributed by atoms with van der Waals surface area (Å²) in [4.78, 5) is 12.3. The first-order chi connectivity index (χ1) is 12.3. The summed E-state index contributed by atoms with van der Waals surface area (Å²) in [6.45, 7) is 2.16. The third kappa shape index (κ3) is 6.47. The number of nitrogens with one attached hydrogen (secondary N) is 2. The molecule has 2 aromatic rings. The second-order valence-corrected chi connectivity index (χ2v) is 9.96. The van der Waals surface area contributed by atoms with Crippen molar-refractivity contribution in [3.63, 3.8) is 0 Å². The molecule has 0 saturated heterocycles. The van der Waals surface area contributed by atoms with Crippen LogP contribution in [0, 0.1) is 0 Å². The smallest absolute Gasteiger partial charge is 0.285 e. The third-order valence-electron chi connectivity index (χ3n) is 3.60. The topological polar surface area (TPSA) is 58.2 Å². The molecule has 1 atom stereocenters. The van der Waals surface area contributed by atoms with Gasteiger partial charge in [0.15, 0.2) is 11.0 Å². The lowest BCUT2D eigenvalue weighted by Crippen LogP contribution is -2.19. The lowest BCUT2D eigenvalue weighted by molar-refractivity contribution is 0.102. The average Bonchev–Trinajstić information content (AvgIpc) is 2.61. The average molecular weight is 434 g/mol. The lowest BCUT2D eigenvalue weighted by atomic mass is 10.1. The van der Waals surface area contributed by atoms with Crippen molar-refractivity contribution in [3.05, 3.63) is 59.7 Å². The van der Waals surface area contributed by atoms with E-state index in [1.165, 1.54) is 5.56 Å². The van der Waals surface area contributed by atoms with Crippen molar-refractivity contribution in [1.82, 2.24) is 0 Å². The molecule has 0 radical (unpaired) electrons. The molecule has 8 heteroatoms. The highest BCUT2D eigenvalue weighted by atomic mass is 35.6. The molecule has 1 unspecified atom stereocenters. The Morgan fingerprint density at radius 1 is 1.00 bits per heavy atom. The molecular formula is C18H19Cl3N2O2S. The Kier molecular flexibility index (Phi) is 7.77. The summed E-state index contributed by atoms with van der Waals surface area (Å²) < 4.78 is 12.3. The van der Waals surface area contributed by atoms with Crippen molar-refractivity contribution in [1.29, 1.82) is 0 Å². The highest BCUT2D eigenvalue weighted by Gasteiger charge is 2.29. The van der Waals surface area contributed by atoms with E-state index in [9.17, 15) is 9.00 Å². The van der Waals surface area contributed by atoms with Gasteiger partial charge in [0.2, 0.25) is 0 Å². The van der Waals surface area contributed by atoms with Gasteiger partial charge >= 0.3 is 0 Å². The van der Waals surface area contributed by atoms with Gasteiger partial charge in [-0.15, -0.1) is 0 Å². The minimum atomic E-state index is -1.93. The number of carbonyl (C=O) groups excluding carboxylic acids is 1. The molecule has 0 aliphatic rings. The Morgan fingerprint density at radius 3 is 2.12 bits per heavy atom. The van der Waals surface area contributed by atoms with Gasteiger partial charge in [0.05, 0.1) is 0 Å². The largest absolute Gasteiger partial charge is 0.322 e. The monoisotopic (exact) mass is 432 g/mol.